The summed E-state index contributed by atoms with van der Waals surface area (Å²) in [4.78, 5) is 16.7. The van der Waals surface area contributed by atoms with Gasteiger partial charge in [-0.15, -0.1) is 0 Å². The molecular formula is C13H20N4O3. The van der Waals surface area contributed by atoms with Crippen LogP contribution in [0.15, 0.2) is 12.1 Å². The number of nitrogens with zero attached hydrogens (tertiary/aromatic N) is 3. The summed E-state index contributed by atoms with van der Waals surface area (Å²) in [6.07, 6.45) is 5.32. The highest BCUT2D eigenvalue weighted by Crippen LogP contribution is 2.32. The van der Waals surface area contributed by atoms with Gasteiger partial charge in [0.1, 0.15) is 5.82 Å². The van der Waals surface area contributed by atoms with Gasteiger partial charge in [0.2, 0.25) is 5.82 Å². The third-order valence-electron chi connectivity index (χ3n) is 3.70. The van der Waals surface area contributed by atoms with Gasteiger partial charge < -0.3 is 15.7 Å². The number of anilines is 2. The van der Waals surface area contributed by atoms with Crippen LogP contribution in [0, 0.1) is 10.1 Å². The van der Waals surface area contributed by atoms with Crippen LogP contribution in [-0.2, 0) is 0 Å². The zero-order valence-corrected chi connectivity index (χ0v) is 11.4. The van der Waals surface area contributed by atoms with Gasteiger partial charge in [-0.3, -0.25) is 10.1 Å². The third kappa shape index (κ3) is 3.16. The molecule has 7 heteroatoms. The van der Waals surface area contributed by atoms with E-state index in [1.165, 1.54) is 18.6 Å². The third-order valence-corrected chi connectivity index (χ3v) is 3.70. The number of rotatable bonds is 5. The standard InChI is InChI=1S/C13H20N4O3/c14-12-7-6-11(17(19)20)13(15-12)16(8-9-18)10-4-2-1-3-5-10/h6-7,10,18H,1-5,8-9H2,(H2,14,15). The molecule has 0 bridgehead atoms. The minimum Gasteiger partial charge on any atom is -0.395 e. The molecule has 0 atom stereocenters. The lowest BCUT2D eigenvalue weighted by atomic mass is 9.94. The Bertz CT molecular complexity index is 475. The highest BCUT2D eigenvalue weighted by molar-refractivity contribution is 5.61. The van der Waals surface area contributed by atoms with E-state index in [-0.39, 0.29) is 30.0 Å². The quantitative estimate of drug-likeness (QED) is 0.628. The lowest BCUT2D eigenvalue weighted by Crippen LogP contribution is -2.39. The van der Waals surface area contributed by atoms with Crippen molar-refractivity contribution in [2.24, 2.45) is 0 Å². The van der Waals surface area contributed by atoms with Gasteiger partial charge in [0.15, 0.2) is 0 Å². The summed E-state index contributed by atoms with van der Waals surface area (Å²) in [6.45, 7) is 0.270. The van der Waals surface area contributed by atoms with Crippen LogP contribution in [0.1, 0.15) is 32.1 Å². The molecule has 1 aromatic rings. The number of aliphatic hydroxyl groups excluding tert-OH is 1. The maximum atomic E-state index is 11.2. The van der Waals surface area contributed by atoms with Gasteiger partial charge in [-0.2, -0.15) is 0 Å². The minimum absolute atomic E-state index is 0.0572. The molecule has 0 amide bonds. The molecule has 0 aromatic carbocycles. The van der Waals surface area contributed by atoms with Crippen LogP contribution in [0.2, 0.25) is 0 Å². The number of nitrogen functional groups attached to an aromatic ring is 1. The SMILES string of the molecule is Nc1ccc([N+](=O)[O-])c(N(CCO)C2CCCCC2)n1. The zero-order chi connectivity index (χ0) is 14.5. The second kappa shape index (κ2) is 6.51. The molecule has 1 heterocycles. The lowest BCUT2D eigenvalue weighted by Gasteiger charge is -2.34. The van der Waals surface area contributed by atoms with E-state index >= 15 is 0 Å². The molecular weight excluding hydrogens is 260 g/mol. The predicted octanol–water partition coefficient (Wildman–Crippen LogP) is 1.70. The first-order valence-corrected chi connectivity index (χ1v) is 6.92. The minimum atomic E-state index is -0.449. The highest BCUT2D eigenvalue weighted by atomic mass is 16.6. The number of pyridine rings is 1. The second-order valence-corrected chi connectivity index (χ2v) is 5.04. The van der Waals surface area contributed by atoms with Crippen LogP contribution in [0.5, 0.6) is 0 Å². The molecule has 1 saturated carbocycles. The van der Waals surface area contributed by atoms with E-state index in [0.29, 0.717) is 6.54 Å². The molecule has 0 saturated heterocycles. The molecule has 0 unspecified atom stereocenters. The molecule has 110 valence electrons. The molecule has 0 aliphatic heterocycles. The number of aromatic nitrogens is 1. The maximum absolute atomic E-state index is 11.2. The summed E-state index contributed by atoms with van der Waals surface area (Å²) in [5, 5.41) is 20.4. The van der Waals surface area contributed by atoms with Crippen molar-refractivity contribution in [2.75, 3.05) is 23.8 Å². The first-order chi connectivity index (χ1) is 9.63. The van der Waals surface area contributed by atoms with Gasteiger partial charge in [-0.25, -0.2) is 4.98 Å². The molecule has 2 rings (SSSR count). The van der Waals surface area contributed by atoms with Crippen molar-refractivity contribution in [3.63, 3.8) is 0 Å². The summed E-state index contributed by atoms with van der Waals surface area (Å²) >= 11 is 0. The van der Waals surface area contributed by atoms with E-state index in [4.69, 9.17) is 5.73 Å². The number of hydrogen-bond acceptors (Lipinski definition) is 6. The number of nitrogens with two attached hydrogens (primary N) is 1. The Balaban J connectivity index is 2.36. The Morgan fingerprint density at radius 2 is 2.10 bits per heavy atom. The smallest absolute Gasteiger partial charge is 0.311 e. The largest absolute Gasteiger partial charge is 0.395 e. The van der Waals surface area contributed by atoms with Crippen molar-refractivity contribution in [3.05, 3.63) is 22.2 Å². The summed E-state index contributed by atoms with van der Waals surface area (Å²) < 4.78 is 0. The second-order valence-electron chi connectivity index (χ2n) is 5.04. The van der Waals surface area contributed by atoms with E-state index in [1.54, 1.807) is 0 Å². The Morgan fingerprint density at radius 1 is 1.40 bits per heavy atom. The van der Waals surface area contributed by atoms with E-state index in [9.17, 15) is 15.2 Å². The average molecular weight is 280 g/mol. The lowest BCUT2D eigenvalue weighted by molar-refractivity contribution is -0.384. The van der Waals surface area contributed by atoms with Gasteiger partial charge in [-0.1, -0.05) is 19.3 Å². The van der Waals surface area contributed by atoms with Gasteiger partial charge in [0.05, 0.1) is 11.5 Å². The Kier molecular flexibility index (Phi) is 4.73. The van der Waals surface area contributed by atoms with Crippen LogP contribution in [0.25, 0.3) is 0 Å². The maximum Gasteiger partial charge on any atom is 0.311 e. The summed E-state index contributed by atoms with van der Waals surface area (Å²) in [6, 6.07) is 2.99. The normalized spacial score (nSPS) is 16.1. The molecule has 1 aliphatic carbocycles. The molecule has 1 aromatic heterocycles. The average Bonchev–Trinajstić information content (AvgIpc) is 2.45. The van der Waals surface area contributed by atoms with Crippen molar-refractivity contribution >= 4 is 17.3 Å². The molecule has 0 radical (unpaired) electrons. The molecule has 1 fully saturated rings. The molecule has 20 heavy (non-hydrogen) atoms. The molecule has 3 N–H and O–H groups in total. The predicted molar refractivity (Wildman–Crippen MR) is 76.6 cm³/mol. The Labute approximate surface area is 117 Å². The van der Waals surface area contributed by atoms with Crippen molar-refractivity contribution < 1.29 is 10.0 Å². The van der Waals surface area contributed by atoms with Gasteiger partial charge in [0, 0.05) is 18.7 Å². The Morgan fingerprint density at radius 3 is 2.70 bits per heavy atom. The molecule has 0 spiro atoms. The first-order valence-electron chi connectivity index (χ1n) is 6.92. The summed E-state index contributed by atoms with van der Waals surface area (Å²) in [5.41, 5.74) is 5.61. The number of hydrogen-bond donors (Lipinski definition) is 2. The van der Waals surface area contributed by atoms with E-state index in [2.05, 4.69) is 4.98 Å². The molecule has 1 aliphatic rings. The van der Waals surface area contributed by atoms with Gasteiger partial charge >= 0.3 is 5.69 Å². The van der Waals surface area contributed by atoms with Crippen LogP contribution < -0.4 is 10.6 Å². The zero-order valence-electron chi connectivity index (χ0n) is 11.4. The van der Waals surface area contributed by atoms with E-state index in [0.717, 1.165) is 25.7 Å². The van der Waals surface area contributed by atoms with Crippen molar-refractivity contribution in [1.29, 1.82) is 0 Å². The van der Waals surface area contributed by atoms with Crippen molar-refractivity contribution in [2.45, 2.75) is 38.1 Å². The Hall–Kier alpha value is -1.89. The summed E-state index contributed by atoms with van der Waals surface area (Å²) in [5.74, 6) is 0.528. The first kappa shape index (κ1) is 14.5. The molecule has 7 nitrogen and oxygen atoms in total. The topological polar surface area (TPSA) is 106 Å². The van der Waals surface area contributed by atoms with Crippen LogP contribution >= 0.6 is 0 Å². The number of aliphatic hydroxyl groups is 1. The monoisotopic (exact) mass is 280 g/mol. The fourth-order valence-electron chi connectivity index (χ4n) is 2.77. The van der Waals surface area contributed by atoms with Crippen LogP contribution in [0.4, 0.5) is 17.3 Å². The van der Waals surface area contributed by atoms with E-state index in [1.807, 2.05) is 4.90 Å². The van der Waals surface area contributed by atoms with Crippen molar-refractivity contribution in [3.8, 4) is 0 Å². The van der Waals surface area contributed by atoms with Crippen molar-refractivity contribution in [1.82, 2.24) is 4.98 Å². The van der Waals surface area contributed by atoms with Crippen LogP contribution in [-0.4, -0.2) is 34.2 Å². The summed E-state index contributed by atoms with van der Waals surface area (Å²) in [7, 11) is 0. The van der Waals surface area contributed by atoms with Gasteiger partial charge in [0.25, 0.3) is 0 Å². The number of nitro groups is 1. The van der Waals surface area contributed by atoms with Crippen LogP contribution in [0.3, 0.4) is 0 Å². The fourth-order valence-corrected chi connectivity index (χ4v) is 2.77. The highest BCUT2D eigenvalue weighted by Gasteiger charge is 2.28. The van der Waals surface area contributed by atoms with E-state index < -0.39 is 4.92 Å². The fraction of sp³-hybridized carbons (Fsp3) is 0.615. The van der Waals surface area contributed by atoms with Gasteiger partial charge in [-0.05, 0) is 18.9 Å².